The maximum absolute atomic E-state index is 5.59. The molecule has 6 heteroatoms. The van der Waals surface area contributed by atoms with Crippen molar-refractivity contribution in [3.05, 3.63) is 24.1 Å². The molecule has 1 aromatic carbocycles. The van der Waals surface area contributed by atoms with Gasteiger partial charge in [0.15, 0.2) is 11.5 Å². The molecule has 0 aliphatic heterocycles. The standard InChI is InChI=1S/C13H17N3O3/c1-14-7-6-12-15-16-13(19-12)9-4-5-10(17-2)11(8-9)18-3/h4-5,8,14H,6-7H2,1-3H3. The van der Waals surface area contributed by atoms with Gasteiger partial charge in [0, 0.05) is 18.5 Å². The summed E-state index contributed by atoms with van der Waals surface area (Å²) in [4.78, 5) is 0. The first-order chi connectivity index (χ1) is 9.28. The Hall–Kier alpha value is -2.08. The van der Waals surface area contributed by atoms with Crippen molar-refractivity contribution in [2.75, 3.05) is 27.8 Å². The average molecular weight is 263 g/mol. The van der Waals surface area contributed by atoms with Gasteiger partial charge >= 0.3 is 0 Å². The molecule has 2 rings (SSSR count). The van der Waals surface area contributed by atoms with E-state index in [9.17, 15) is 0 Å². The van der Waals surface area contributed by atoms with E-state index in [1.54, 1.807) is 14.2 Å². The third-order valence-corrected chi connectivity index (χ3v) is 2.69. The predicted octanol–water partition coefficient (Wildman–Crippen LogP) is 1.52. The highest BCUT2D eigenvalue weighted by atomic mass is 16.5. The molecule has 0 amide bonds. The summed E-state index contributed by atoms with van der Waals surface area (Å²) in [6, 6.07) is 5.48. The fourth-order valence-corrected chi connectivity index (χ4v) is 1.67. The summed E-state index contributed by atoms with van der Waals surface area (Å²) in [7, 11) is 5.07. The second-order valence-corrected chi connectivity index (χ2v) is 3.92. The topological polar surface area (TPSA) is 69.4 Å². The van der Waals surface area contributed by atoms with E-state index in [2.05, 4.69) is 15.5 Å². The molecule has 0 unspecified atom stereocenters. The Morgan fingerprint density at radius 2 is 1.95 bits per heavy atom. The highest BCUT2D eigenvalue weighted by molar-refractivity contribution is 5.59. The number of nitrogens with zero attached hydrogens (tertiary/aromatic N) is 2. The molecule has 2 aromatic rings. The van der Waals surface area contributed by atoms with Crippen LogP contribution in [-0.2, 0) is 6.42 Å². The molecule has 0 saturated heterocycles. The van der Waals surface area contributed by atoms with Crippen molar-refractivity contribution in [3.8, 4) is 23.0 Å². The van der Waals surface area contributed by atoms with Crippen molar-refractivity contribution in [1.29, 1.82) is 0 Å². The molecule has 0 radical (unpaired) electrons. The molecule has 1 N–H and O–H groups in total. The van der Waals surface area contributed by atoms with E-state index in [0.717, 1.165) is 12.1 Å². The number of benzene rings is 1. The van der Waals surface area contributed by atoms with Gasteiger partial charge in [0.05, 0.1) is 14.2 Å². The van der Waals surface area contributed by atoms with Gasteiger partial charge in [0.25, 0.3) is 0 Å². The second kappa shape index (κ2) is 6.19. The number of ether oxygens (including phenoxy) is 2. The van der Waals surface area contributed by atoms with Crippen LogP contribution in [0.3, 0.4) is 0 Å². The minimum Gasteiger partial charge on any atom is -0.493 e. The summed E-state index contributed by atoms with van der Waals surface area (Å²) < 4.78 is 16.0. The monoisotopic (exact) mass is 263 g/mol. The van der Waals surface area contributed by atoms with Crippen LogP contribution in [0.25, 0.3) is 11.5 Å². The van der Waals surface area contributed by atoms with Gasteiger partial charge in [-0.15, -0.1) is 10.2 Å². The SMILES string of the molecule is CNCCc1nnc(-c2ccc(OC)c(OC)c2)o1. The molecule has 102 valence electrons. The zero-order valence-electron chi connectivity index (χ0n) is 11.3. The van der Waals surface area contributed by atoms with Crippen LogP contribution in [0.2, 0.25) is 0 Å². The van der Waals surface area contributed by atoms with Gasteiger partial charge in [-0.05, 0) is 25.2 Å². The number of methoxy groups -OCH3 is 2. The fraction of sp³-hybridized carbons (Fsp3) is 0.385. The van der Waals surface area contributed by atoms with Crippen LogP contribution in [0.1, 0.15) is 5.89 Å². The summed E-state index contributed by atoms with van der Waals surface area (Å²) in [6.07, 6.45) is 0.705. The molecule has 0 aliphatic rings. The van der Waals surface area contributed by atoms with Crippen molar-refractivity contribution in [3.63, 3.8) is 0 Å². The number of hydrogen-bond acceptors (Lipinski definition) is 6. The van der Waals surface area contributed by atoms with Gasteiger partial charge in [-0.3, -0.25) is 0 Å². The van der Waals surface area contributed by atoms with Crippen molar-refractivity contribution in [1.82, 2.24) is 15.5 Å². The van der Waals surface area contributed by atoms with Crippen molar-refractivity contribution in [2.24, 2.45) is 0 Å². The fourth-order valence-electron chi connectivity index (χ4n) is 1.67. The second-order valence-electron chi connectivity index (χ2n) is 3.92. The Bertz CT molecular complexity index is 540. The molecule has 6 nitrogen and oxygen atoms in total. The van der Waals surface area contributed by atoms with E-state index >= 15 is 0 Å². The van der Waals surface area contributed by atoms with Crippen LogP contribution >= 0.6 is 0 Å². The van der Waals surface area contributed by atoms with E-state index in [-0.39, 0.29) is 0 Å². The highest BCUT2D eigenvalue weighted by Gasteiger charge is 2.11. The van der Waals surface area contributed by atoms with E-state index < -0.39 is 0 Å². The quantitative estimate of drug-likeness (QED) is 0.852. The van der Waals surface area contributed by atoms with Crippen molar-refractivity contribution >= 4 is 0 Å². The highest BCUT2D eigenvalue weighted by Crippen LogP contribution is 2.31. The number of likely N-dealkylation sites (N-methyl/N-ethyl adjacent to an activating group) is 1. The Morgan fingerprint density at radius 1 is 1.16 bits per heavy atom. The largest absolute Gasteiger partial charge is 0.493 e. The average Bonchev–Trinajstić information content (AvgIpc) is 2.93. The molecule has 0 fully saturated rings. The molecule has 1 aromatic heterocycles. The van der Waals surface area contributed by atoms with Gasteiger partial charge in [-0.1, -0.05) is 0 Å². The zero-order chi connectivity index (χ0) is 13.7. The van der Waals surface area contributed by atoms with Gasteiger partial charge in [0.1, 0.15) is 0 Å². The number of aromatic nitrogens is 2. The van der Waals surface area contributed by atoms with Crippen LogP contribution in [0.5, 0.6) is 11.5 Å². The van der Waals surface area contributed by atoms with E-state index in [1.807, 2.05) is 25.2 Å². The summed E-state index contributed by atoms with van der Waals surface area (Å²) >= 11 is 0. The lowest BCUT2D eigenvalue weighted by atomic mass is 10.2. The number of rotatable bonds is 6. The van der Waals surface area contributed by atoms with Crippen LogP contribution in [0.4, 0.5) is 0 Å². The normalized spacial score (nSPS) is 10.5. The number of hydrogen-bond donors (Lipinski definition) is 1. The van der Waals surface area contributed by atoms with E-state index in [4.69, 9.17) is 13.9 Å². The van der Waals surface area contributed by atoms with Crippen LogP contribution in [-0.4, -0.2) is 38.0 Å². The van der Waals surface area contributed by atoms with Crippen molar-refractivity contribution in [2.45, 2.75) is 6.42 Å². The molecule has 0 spiro atoms. The molecule has 0 atom stereocenters. The smallest absolute Gasteiger partial charge is 0.247 e. The minimum atomic E-state index is 0.479. The van der Waals surface area contributed by atoms with E-state index in [0.29, 0.717) is 29.7 Å². The first-order valence-corrected chi connectivity index (χ1v) is 5.98. The Morgan fingerprint density at radius 3 is 2.63 bits per heavy atom. The lowest BCUT2D eigenvalue weighted by Gasteiger charge is -2.07. The number of nitrogens with one attached hydrogen (secondary N) is 1. The van der Waals surface area contributed by atoms with Crippen molar-refractivity contribution < 1.29 is 13.9 Å². The van der Waals surface area contributed by atoms with Gasteiger partial charge < -0.3 is 19.2 Å². The third-order valence-electron chi connectivity index (χ3n) is 2.69. The summed E-state index contributed by atoms with van der Waals surface area (Å²) in [5.41, 5.74) is 0.806. The van der Waals surface area contributed by atoms with E-state index in [1.165, 1.54) is 0 Å². The van der Waals surface area contributed by atoms with Gasteiger partial charge in [-0.25, -0.2) is 0 Å². The molecule has 19 heavy (non-hydrogen) atoms. The van der Waals surface area contributed by atoms with Crippen LogP contribution in [0, 0.1) is 0 Å². The molecule has 1 heterocycles. The molecule has 0 aliphatic carbocycles. The minimum absolute atomic E-state index is 0.479. The maximum atomic E-state index is 5.59. The lowest BCUT2D eigenvalue weighted by Crippen LogP contribution is -2.10. The summed E-state index contributed by atoms with van der Waals surface area (Å²) in [5.74, 6) is 2.39. The molecule has 0 saturated carbocycles. The first kappa shape index (κ1) is 13.4. The van der Waals surface area contributed by atoms with Crippen LogP contribution in [0.15, 0.2) is 22.6 Å². The Kier molecular flexibility index (Phi) is 4.35. The van der Waals surface area contributed by atoms with Gasteiger partial charge in [-0.2, -0.15) is 0 Å². The zero-order valence-corrected chi connectivity index (χ0v) is 11.3. The molecule has 0 bridgehead atoms. The predicted molar refractivity (Wildman–Crippen MR) is 70.5 cm³/mol. The van der Waals surface area contributed by atoms with Gasteiger partial charge in [0.2, 0.25) is 11.8 Å². The molecular weight excluding hydrogens is 246 g/mol. The summed E-state index contributed by atoms with van der Waals surface area (Å²) in [6.45, 7) is 0.799. The third kappa shape index (κ3) is 3.03. The Labute approximate surface area is 111 Å². The maximum Gasteiger partial charge on any atom is 0.247 e. The first-order valence-electron chi connectivity index (χ1n) is 5.98. The summed E-state index contributed by atoms with van der Waals surface area (Å²) in [5, 5.41) is 11.1. The molecular formula is C13H17N3O3. The lowest BCUT2D eigenvalue weighted by molar-refractivity contribution is 0.355. The van der Waals surface area contributed by atoms with Crippen LogP contribution < -0.4 is 14.8 Å². The Balaban J connectivity index is 2.23.